The summed E-state index contributed by atoms with van der Waals surface area (Å²) in [5.41, 5.74) is 2.77. The molecule has 0 saturated heterocycles. The second kappa shape index (κ2) is 4.18. The number of aryl methyl sites for hydroxylation is 2. The highest BCUT2D eigenvalue weighted by Crippen LogP contribution is 2.18. The molecule has 1 aromatic heterocycles. The van der Waals surface area contributed by atoms with E-state index in [9.17, 15) is 0 Å². The van der Waals surface area contributed by atoms with E-state index in [0.29, 0.717) is 0 Å². The molecule has 78 valence electrons. The van der Waals surface area contributed by atoms with E-state index in [1.165, 1.54) is 37.2 Å². The average Bonchev–Trinajstić information content (AvgIpc) is 2.93. The summed E-state index contributed by atoms with van der Waals surface area (Å²) in [7, 11) is 0. The topological polar surface area (TPSA) is 17.0 Å². The zero-order valence-corrected chi connectivity index (χ0v) is 9.21. The molecule has 0 atom stereocenters. The second-order valence-electron chi connectivity index (χ2n) is 4.35. The maximum absolute atomic E-state index is 3.54. The molecule has 1 aliphatic rings. The van der Waals surface area contributed by atoms with Crippen molar-refractivity contribution < 1.29 is 0 Å². The summed E-state index contributed by atoms with van der Waals surface area (Å²) in [6.45, 7) is 6.69. The quantitative estimate of drug-likeness (QED) is 0.708. The molecular weight excluding hydrogens is 172 g/mol. The van der Waals surface area contributed by atoms with Crippen LogP contribution in [0.5, 0.6) is 0 Å². The van der Waals surface area contributed by atoms with Gasteiger partial charge in [-0.15, -0.1) is 0 Å². The van der Waals surface area contributed by atoms with Gasteiger partial charge in [-0.05, 0) is 51.8 Å². The Morgan fingerprint density at radius 2 is 1.93 bits per heavy atom. The third kappa shape index (κ3) is 2.38. The first-order valence-electron chi connectivity index (χ1n) is 5.63. The molecule has 2 rings (SSSR count). The SMILES string of the molecule is Cc1ccc(C)n1CCCNC1CC1. The summed E-state index contributed by atoms with van der Waals surface area (Å²) in [4.78, 5) is 0. The van der Waals surface area contributed by atoms with E-state index in [0.717, 1.165) is 12.6 Å². The van der Waals surface area contributed by atoms with Gasteiger partial charge in [-0.1, -0.05) is 0 Å². The van der Waals surface area contributed by atoms with Crippen molar-refractivity contribution in [2.24, 2.45) is 0 Å². The Morgan fingerprint density at radius 1 is 1.29 bits per heavy atom. The molecule has 1 saturated carbocycles. The number of nitrogens with one attached hydrogen (secondary N) is 1. The van der Waals surface area contributed by atoms with E-state index < -0.39 is 0 Å². The van der Waals surface area contributed by atoms with Crippen molar-refractivity contribution in [3.05, 3.63) is 23.5 Å². The Hall–Kier alpha value is -0.760. The van der Waals surface area contributed by atoms with Crippen molar-refractivity contribution in [2.75, 3.05) is 6.54 Å². The van der Waals surface area contributed by atoms with Crippen molar-refractivity contribution >= 4 is 0 Å². The molecule has 1 aromatic rings. The molecule has 0 bridgehead atoms. The van der Waals surface area contributed by atoms with Gasteiger partial charge in [0.2, 0.25) is 0 Å². The van der Waals surface area contributed by atoms with Gasteiger partial charge in [0.1, 0.15) is 0 Å². The third-order valence-corrected chi connectivity index (χ3v) is 2.99. The number of aromatic nitrogens is 1. The van der Waals surface area contributed by atoms with Gasteiger partial charge < -0.3 is 9.88 Å². The molecular formula is C12H20N2. The van der Waals surface area contributed by atoms with Crippen LogP contribution in [0.2, 0.25) is 0 Å². The Labute approximate surface area is 86.3 Å². The summed E-state index contributed by atoms with van der Waals surface area (Å²) in [6, 6.07) is 5.25. The van der Waals surface area contributed by atoms with E-state index in [4.69, 9.17) is 0 Å². The van der Waals surface area contributed by atoms with E-state index in [2.05, 4.69) is 35.9 Å². The van der Waals surface area contributed by atoms with Crippen LogP contribution >= 0.6 is 0 Å². The lowest BCUT2D eigenvalue weighted by molar-refractivity contribution is 0.567. The van der Waals surface area contributed by atoms with Crippen molar-refractivity contribution in [3.8, 4) is 0 Å². The van der Waals surface area contributed by atoms with Crippen LogP contribution in [-0.2, 0) is 6.54 Å². The second-order valence-corrected chi connectivity index (χ2v) is 4.35. The monoisotopic (exact) mass is 192 g/mol. The summed E-state index contributed by atoms with van der Waals surface area (Å²) >= 11 is 0. The molecule has 0 spiro atoms. The van der Waals surface area contributed by atoms with Crippen LogP contribution in [0.25, 0.3) is 0 Å². The van der Waals surface area contributed by atoms with Crippen LogP contribution in [0.1, 0.15) is 30.7 Å². The minimum Gasteiger partial charge on any atom is -0.349 e. The third-order valence-electron chi connectivity index (χ3n) is 2.99. The molecule has 1 N–H and O–H groups in total. The van der Waals surface area contributed by atoms with Crippen molar-refractivity contribution in [3.63, 3.8) is 0 Å². The maximum atomic E-state index is 3.54. The Balaban J connectivity index is 1.73. The molecule has 0 aliphatic heterocycles. The molecule has 0 amide bonds. The highest BCUT2D eigenvalue weighted by atomic mass is 15.0. The van der Waals surface area contributed by atoms with E-state index in [-0.39, 0.29) is 0 Å². The normalized spacial score (nSPS) is 16.1. The van der Waals surface area contributed by atoms with Crippen LogP contribution < -0.4 is 5.32 Å². The lowest BCUT2D eigenvalue weighted by Gasteiger charge is -2.09. The number of nitrogens with zero attached hydrogens (tertiary/aromatic N) is 1. The molecule has 2 heteroatoms. The molecule has 0 radical (unpaired) electrons. The minimum atomic E-state index is 0.849. The van der Waals surface area contributed by atoms with Crippen LogP contribution in [0, 0.1) is 13.8 Å². The Kier molecular flexibility index (Phi) is 2.92. The first-order valence-corrected chi connectivity index (χ1v) is 5.63. The van der Waals surface area contributed by atoms with Crippen molar-refractivity contribution in [1.29, 1.82) is 0 Å². The van der Waals surface area contributed by atoms with E-state index >= 15 is 0 Å². The van der Waals surface area contributed by atoms with Crippen LogP contribution in [0.15, 0.2) is 12.1 Å². The minimum absolute atomic E-state index is 0.849. The average molecular weight is 192 g/mol. The molecule has 1 heterocycles. The lowest BCUT2D eigenvalue weighted by atomic mass is 10.4. The summed E-state index contributed by atoms with van der Waals surface area (Å²) in [5.74, 6) is 0. The smallest absolute Gasteiger partial charge is 0.0236 e. The largest absolute Gasteiger partial charge is 0.349 e. The van der Waals surface area contributed by atoms with Crippen LogP contribution in [0.3, 0.4) is 0 Å². The highest BCUT2D eigenvalue weighted by Gasteiger charge is 2.19. The first kappa shape index (κ1) is 9.78. The van der Waals surface area contributed by atoms with Gasteiger partial charge in [-0.2, -0.15) is 0 Å². The first-order chi connectivity index (χ1) is 6.77. The van der Waals surface area contributed by atoms with Gasteiger partial charge >= 0.3 is 0 Å². The number of hydrogen-bond acceptors (Lipinski definition) is 1. The zero-order chi connectivity index (χ0) is 9.97. The van der Waals surface area contributed by atoms with Gasteiger partial charge in [-0.3, -0.25) is 0 Å². The van der Waals surface area contributed by atoms with Crippen LogP contribution in [-0.4, -0.2) is 17.2 Å². The molecule has 0 aromatic carbocycles. The van der Waals surface area contributed by atoms with Crippen molar-refractivity contribution in [2.45, 2.75) is 45.7 Å². The molecule has 0 unspecified atom stereocenters. The fourth-order valence-electron chi connectivity index (χ4n) is 1.88. The maximum Gasteiger partial charge on any atom is 0.0236 e. The fraction of sp³-hybridized carbons (Fsp3) is 0.667. The lowest BCUT2D eigenvalue weighted by Crippen LogP contribution is -2.19. The van der Waals surface area contributed by atoms with Gasteiger partial charge in [-0.25, -0.2) is 0 Å². The predicted octanol–water partition coefficient (Wildman–Crippen LogP) is 2.25. The van der Waals surface area contributed by atoms with E-state index in [1.807, 2.05) is 0 Å². The summed E-state index contributed by atoms with van der Waals surface area (Å²) in [5, 5.41) is 3.54. The Morgan fingerprint density at radius 3 is 2.50 bits per heavy atom. The van der Waals surface area contributed by atoms with Gasteiger partial charge in [0, 0.05) is 24.0 Å². The molecule has 1 fully saturated rings. The molecule has 1 aliphatic carbocycles. The Bertz CT molecular complexity index is 278. The van der Waals surface area contributed by atoms with Gasteiger partial charge in [0.25, 0.3) is 0 Å². The summed E-state index contributed by atoms with van der Waals surface area (Å²) < 4.78 is 2.40. The number of rotatable bonds is 5. The molecule has 14 heavy (non-hydrogen) atoms. The highest BCUT2D eigenvalue weighted by molar-refractivity contribution is 5.13. The van der Waals surface area contributed by atoms with E-state index in [1.54, 1.807) is 0 Å². The predicted molar refractivity (Wildman–Crippen MR) is 59.5 cm³/mol. The fourth-order valence-corrected chi connectivity index (χ4v) is 1.88. The summed E-state index contributed by atoms with van der Waals surface area (Å²) in [6.07, 6.45) is 4.02. The zero-order valence-electron chi connectivity index (χ0n) is 9.21. The number of hydrogen-bond donors (Lipinski definition) is 1. The van der Waals surface area contributed by atoms with Gasteiger partial charge in [0.15, 0.2) is 0 Å². The van der Waals surface area contributed by atoms with Crippen LogP contribution in [0.4, 0.5) is 0 Å². The molecule has 2 nitrogen and oxygen atoms in total. The standard InChI is InChI=1S/C12H20N2/c1-10-4-5-11(2)14(10)9-3-8-13-12-6-7-12/h4-5,12-13H,3,6-9H2,1-2H3. The van der Waals surface area contributed by atoms with Gasteiger partial charge in [0.05, 0.1) is 0 Å². The van der Waals surface area contributed by atoms with Crippen molar-refractivity contribution in [1.82, 2.24) is 9.88 Å².